The third kappa shape index (κ3) is 4.25. The Morgan fingerprint density at radius 1 is 1.54 bits per heavy atom. The standard InChI is InChI=1S/C8H14N2O.C2H6/c9-4-2-6-10-5-1-3-8(10)7-11;1-2/h8,11H,1-3,5-7H2;1-2H3. The van der Waals surface area contributed by atoms with Crippen LogP contribution in [-0.4, -0.2) is 35.7 Å². The van der Waals surface area contributed by atoms with Crippen molar-refractivity contribution in [1.82, 2.24) is 4.90 Å². The van der Waals surface area contributed by atoms with Gasteiger partial charge in [0.1, 0.15) is 0 Å². The molecule has 0 bridgehead atoms. The van der Waals surface area contributed by atoms with E-state index in [1.165, 1.54) is 0 Å². The van der Waals surface area contributed by atoms with Gasteiger partial charge < -0.3 is 5.11 Å². The van der Waals surface area contributed by atoms with E-state index in [2.05, 4.69) is 11.0 Å². The van der Waals surface area contributed by atoms with Gasteiger partial charge in [0.2, 0.25) is 0 Å². The first kappa shape index (κ1) is 12.4. The molecule has 1 unspecified atom stereocenters. The molecule has 1 N–H and O–H groups in total. The largest absolute Gasteiger partial charge is 0.395 e. The molecule has 1 atom stereocenters. The van der Waals surface area contributed by atoms with Crippen LogP contribution in [0.1, 0.15) is 33.1 Å². The molecule has 3 nitrogen and oxygen atoms in total. The van der Waals surface area contributed by atoms with E-state index in [1.54, 1.807) is 0 Å². The van der Waals surface area contributed by atoms with Crippen LogP contribution in [0.5, 0.6) is 0 Å². The molecule has 0 aliphatic carbocycles. The summed E-state index contributed by atoms with van der Waals surface area (Å²) in [6.07, 6.45) is 2.83. The smallest absolute Gasteiger partial charge is 0.0635 e. The molecule has 0 saturated carbocycles. The fourth-order valence-corrected chi connectivity index (χ4v) is 1.59. The van der Waals surface area contributed by atoms with Gasteiger partial charge in [-0.25, -0.2) is 0 Å². The number of nitrogens with zero attached hydrogens (tertiary/aromatic N) is 2. The minimum Gasteiger partial charge on any atom is -0.395 e. The molecular formula is C10H20N2O. The second-order valence-corrected chi connectivity index (χ2v) is 2.92. The van der Waals surface area contributed by atoms with Crippen LogP contribution in [0.2, 0.25) is 0 Å². The Kier molecular flexibility index (Phi) is 7.66. The minimum absolute atomic E-state index is 0.241. The third-order valence-electron chi connectivity index (χ3n) is 2.22. The molecule has 1 aliphatic rings. The van der Waals surface area contributed by atoms with Gasteiger partial charge >= 0.3 is 0 Å². The van der Waals surface area contributed by atoms with Gasteiger partial charge in [-0.3, -0.25) is 4.90 Å². The number of hydrogen-bond acceptors (Lipinski definition) is 3. The topological polar surface area (TPSA) is 47.3 Å². The molecule has 0 amide bonds. The molecule has 3 heteroatoms. The lowest BCUT2D eigenvalue weighted by Crippen LogP contribution is -2.32. The lowest BCUT2D eigenvalue weighted by atomic mass is 10.2. The van der Waals surface area contributed by atoms with Crippen LogP contribution in [0.3, 0.4) is 0 Å². The van der Waals surface area contributed by atoms with Crippen LogP contribution in [0.4, 0.5) is 0 Å². The van der Waals surface area contributed by atoms with E-state index in [0.29, 0.717) is 12.5 Å². The predicted octanol–water partition coefficient (Wildman–Crippen LogP) is 1.38. The van der Waals surface area contributed by atoms with Crippen molar-refractivity contribution < 1.29 is 5.11 Å². The van der Waals surface area contributed by atoms with Crippen molar-refractivity contribution in [3.05, 3.63) is 0 Å². The van der Waals surface area contributed by atoms with Gasteiger partial charge in [-0.15, -0.1) is 0 Å². The van der Waals surface area contributed by atoms with E-state index in [-0.39, 0.29) is 6.61 Å². The van der Waals surface area contributed by atoms with Gasteiger partial charge in [0.05, 0.1) is 12.7 Å². The third-order valence-corrected chi connectivity index (χ3v) is 2.22. The van der Waals surface area contributed by atoms with E-state index in [9.17, 15) is 0 Å². The number of hydrogen-bond donors (Lipinski definition) is 1. The first-order valence-corrected chi connectivity index (χ1v) is 5.10. The Bertz CT molecular complexity index is 153. The van der Waals surface area contributed by atoms with Crippen molar-refractivity contribution >= 4 is 0 Å². The molecule has 1 aliphatic heterocycles. The van der Waals surface area contributed by atoms with E-state index >= 15 is 0 Å². The van der Waals surface area contributed by atoms with Crippen LogP contribution in [0, 0.1) is 11.3 Å². The average Bonchev–Trinajstić information content (AvgIpc) is 2.65. The van der Waals surface area contributed by atoms with E-state index in [0.717, 1.165) is 25.9 Å². The summed E-state index contributed by atoms with van der Waals surface area (Å²) in [6, 6.07) is 2.44. The Hall–Kier alpha value is -0.590. The summed E-state index contributed by atoms with van der Waals surface area (Å²) in [7, 11) is 0. The van der Waals surface area contributed by atoms with Crippen molar-refractivity contribution in [2.75, 3.05) is 19.7 Å². The van der Waals surface area contributed by atoms with Crippen LogP contribution >= 0.6 is 0 Å². The summed E-state index contributed by atoms with van der Waals surface area (Å²) < 4.78 is 0. The molecule has 1 fully saturated rings. The Morgan fingerprint density at radius 3 is 2.77 bits per heavy atom. The van der Waals surface area contributed by atoms with E-state index in [4.69, 9.17) is 10.4 Å². The Balaban J connectivity index is 0.000000671. The second kappa shape index (κ2) is 8.03. The van der Waals surface area contributed by atoms with Crippen LogP contribution in [0.15, 0.2) is 0 Å². The number of likely N-dealkylation sites (tertiary alicyclic amines) is 1. The first-order chi connectivity index (χ1) is 6.38. The summed E-state index contributed by atoms with van der Waals surface area (Å²) in [5, 5.41) is 17.3. The fraction of sp³-hybridized carbons (Fsp3) is 0.900. The van der Waals surface area contributed by atoms with Crippen molar-refractivity contribution in [3.8, 4) is 6.07 Å². The molecule has 13 heavy (non-hydrogen) atoms. The number of rotatable bonds is 3. The highest BCUT2D eigenvalue weighted by molar-refractivity contribution is 4.81. The van der Waals surface area contributed by atoms with E-state index in [1.807, 2.05) is 13.8 Å². The van der Waals surface area contributed by atoms with Gasteiger partial charge in [-0.1, -0.05) is 13.8 Å². The number of aliphatic hydroxyl groups is 1. The summed E-state index contributed by atoms with van der Waals surface area (Å²) >= 11 is 0. The molecular weight excluding hydrogens is 164 g/mol. The van der Waals surface area contributed by atoms with Crippen molar-refractivity contribution in [2.45, 2.75) is 39.2 Å². The van der Waals surface area contributed by atoms with Gasteiger partial charge in [0.25, 0.3) is 0 Å². The molecule has 0 aromatic heterocycles. The monoisotopic (exact) mass is 184 g/mol. The quantitative estimate of drug-likeness (QED) is 0.721. The summed E-state index contributed by atoms with van der Waals surface area (Å²) in [6.45, 7) is 6.11. The number of nitriles is 1. The normalized spacial score (nSPS) is 21.8. The summed E-state index contributed by atoms with van der Waals surface area (Å²) in [5.74, 6) is 0. The zero-order valence-electron chi connectivity index (χ0n) is 8.66. The molecule has 0 spiro atoms. The molecule has 0 radical (unpaired) electrons. The highest BCUT2D eigenvalue weighted by atomic mass is 16.3. The Morgan fingerprint density at radius 2 is 2.23 bits per heavy atom. The zero-order chi connectivity index (χ0) is 10.1. The molecule has 1 heterocycles. The lowest BCUT2D eigenvalue weighted by Gasteiger charge is -2.20. The SMILES string of the molecule is CC.N#CCCN1CCCC1CO. The average molecular weight is 184 g/mol. The Labute approximate surface area is 81.0 Å². The fourth-order valence-electron chi connectivity index (χ4n) is 1.59. The second-order valence-electron chi connectivity index (χ2n) is 2.92. The van der Waals surface area contributed by atoms with Crippen LogP contribution in [-0.2, 0) is 0 Å². The maximum Gasteiger partial charge on any atom is 0.0635 e. The van der Waals surface area contributed by atoms with Gasteiger partial charge in [-0.2, -0.15) is 5.26 Å². The maximum absolute atomic E-state index is 8.91. The lowest BCUT2D eigenvalue weighted by molar-refractivity contribution is 0.161. The maximum atomic E-state index is 8.91. The summed E-state index contributed by atoms with van der Waals surface area (Å²) in [4.78, 5) is 2.20. The van der Waals surface area contributed by atoms with Crippen LogP contribution < -0.4 is 0 Å². The van der Waals surface area contributed by atoms with Gasteiger partial charge in [-0.05, 0) is 19.4 Å². The van der Waals surface area contributed by atoms with Gasteiger partial charge in [0.15, 0.2) is 0 Å². The van der Waals surface area contributed by atoms with Crippen molar-refractivity contribution in [3.63, 3.8) is 0 Å². The van der Waals surface area contributed by atoms with E-state index < -0.39 is 0 Å². The molecule has 0 aromatic carbocycles. The minimum atomic E-state index is 0.241. The van der Waals surface area contributed by atoms with Crippen molar-refractivity contribution in [1.29, 1.82) is 5.26 Å². The molecule has 0 aromatic rings. The van der Waals surface area contributed by atoms with Crippen LogP contribution in [0.25, 0.3) is 0 Å². The highest BCUT2D eigenvalue weighted by Crippen LogP contribution is 2.16. The van der Waals surface area contributed by atoms with Crippen molar-refractivity contribution in [2.24, 2.45) is 0 Å². The molecule has 1 rings (SSSR count). The summed E-state index contributed by atoms with van der Waals surface area (Å²) in [5.41, 5.74) is 0. The predicted molar refractivity (Wildman–Crippen MR) is 53.3 cm³/mol. The zero-order valence-corrected chi connectivity index (χ0v) is 8.66. The highest BCUT2D eigenvalue weighted by Gasteiger charge is 2.22. The number of aliphatic hydroxyl groups excluding tert-OH is 1. The molecule has 1 saturated heterocycles. The van der Waals surface area contributed by atoms with Gasteiger partial charge in [0, 0.05) is 19.0 Å². The molecule has 76 valence electrons. The first-order valence-electron chi connectivity index (χ1n) is 5.10.